The lowest BCUT2D eigenvalue weighted by Gasteiger charge is -2.37. The summed E-state index contributed by atoms with van der Waals surface area (Å²) in [5.74, 6) is 0.421. The molecule has 0 saturated carbocycles. The summed E-state index contributed by atoms with van der Waals surface area (Å²) in [6.45, 7) is 3.32. The topological polar surface area (TPSA) is 50.4 Å². The number of ether oxygens (including phenoxy) is 1. The molecule has 1 aliphatic rings. The van der Waals surface area contributed by atoms with E-state index < -0.39 is 0 Å². The van der Waals surface area contributed by atoms with Crippen LogP contribution in [0.3, 0.4) is 0 Å². The largest absolute Gasteiger partial charge is 0.384 e. The van der Waals surface area contributed by atoms with Crippen LogP contribution in [0.15, 0.2) is 29.2 Å². The first kappa shape index (κ1) is 17.6. The van der Waals surface area contributed by atoms with Gasteiger partial charge in [0.15, 0.2) is 0 Å². The summed E-state index contributed by atoms with van der Waals surface area (Å²) in [5.41, 5.74) is 0.0602. The second-order valence-corrected chi connectivity index (χ2v) is 7.10. The number of thioether (sulfide) groups is 1. The van der Waals surface area contributed by atoms with Gasteiger partial charge >= 0.3 is 0 Å². The van der Waals surface area contributed by atoms with Gasteiger partial charge < -0.3 is 15.4 Å². The van der Waals surface area contributed by atoms with Crippen LogP contribution >= 0.6 is 23.4 Å². The quantitative estimate of drug-likeness (QED) is 0.748. The van der Waals surface area contributed by atoms with Crippen LogP contribution < -0.4 is 10.6 Å². The molecule has 1 heterocycles. The highest BCUT2D eigenvalue weighted by atomic mass is 35.5. The first-order valence-corrected chi connectivity index (χ1v) is 8.85. The zero-order valence-corrected chi connectivity index (χ0v) is 14.4. The van der Waals surface area contributed by atoms with E-state index in [1.165, 1.54) is 11.8 Å². The van der Waals surface area contributed by atoms with Gasteiger partial charge in [0, 0.05) is 24.0 Å². The van der Waals surface area contributed by atoms with Crippen molar-refractivity contribution in [2.24, 2.45) is 5.41 Å². The maximum Gasteiger partial charge on any atom is 0.230 e. The number of hydrogen-bond donors (Lipinski definition) is 2. The Bertz CT molecular complexity index is 487. The fourth-order valence-electron chi connectivity index (χ4n) is 2.68. The molecule has 1 amide bonds. The molecule has 0 bridgehead atoms. The Balaban J connectivity index is 1.80. The van der Waals surface area contributed by atoms with Crippen molar-refractivity contribution < 1.29 is 9.53 Å². The molecule has 4 nitrogen and oxygen atoms in total. The predicted octanol–water partition coefficient (Wildman–Crippen LogP) is 2.56. The Morgan fingerprint density at radius 1 is 1.41 bits per heavy atom. The Morgan fingerprint density at radius 2 is 2.14 bits per heavy atom. The van der Waals surface area contributed by atoms with Crippen molar-refractivity contribution in [1.29, 1.82) is 0 Å². The van der Waals surface area contributed by atoms with E-state index in [0.717, 1.165) is 30.8 Å². The molecule has 22 heavy (non-hydrogen) atoms. The summed E-state index contributed by atoms with van der Waals surface area (Å²) >= 11 is 7.56. The molecule has 0 unspecified atom stereocenters. The van der Waals surface area contributed by atoms with E-state index in [9.17, 15) is 4.79 Å². The molecule has 0 spiro atoms. The summed E-state index contributed by atoms with van der Waals surface area (Å²) in [7, 11) is 1.72. The summed E-state index contributed by atoms with van der Waals surface area (Å²) in [5, 5.41) is 7.10. The van der Waals surface area contributed by atoms with Crippen LogP contribution in [0.5, 0.6) is 0 Å². The number of piperidine rings is 1. The number of nitrogens with one attached hydrogen (secondary N) is 2. The minimum absolute atomic E-state index is 0.0407. The van der Waals surface area contributed by atoms with E-state index in [1.54, 1.807) is 7.11 Å². The average Bonchev–Trinajstić information content (AvgIpc) is 2.53. The first-order chi connectivity index (χ1) is 10.7. The minimum Gasteiger partial charge on any atom is -0.384 e. The molecule has 2 N–H and O–H groups in total. The maximum atomic E-state index is 12.1. The van der Waals surface area contributed by atoms with Crippen molar-refractivity contribution >= 4 is 29.3 Å². The van der Waals surface area contributed by atoms with Crippen LogP contribution in [0.2, 0.25) is 5.02 Å². The zero-order chi connectivity index (χ0) is 15.8. The number of carbonyl (C=O) groups is 1. The Kier molecular flexibility index (Phi) is 7.02. The number of methoxy groups -OCH3 is 1. The molecule has 6 heteroatoms. The highest BCUT2D eigenvalue weighted by molar-refractivity contribution is 8.00. The summed E-state index contributed by atoms with van der Waals surface area (Å²) < 4.78 is 5.36. The van der Waals surface area contributed by atoms with Crippen molar-refractivity contribution in [2.45, 2.75) is 17.7 Å². The van der Waals surface area contributed by atoms with Gasteiger partial charge in [0.25, 0.3) is 0 Å². The predicted molar refractivity (Wildman–Crippen MR) is 91.6 cm³/mol. The van der Waals surface area contributed by atoms with Gasteiger partial charge in [0.2, 0.25) is 5.91 Å². The fourth-order valence-corrected chi connectivity index (χ4v) is 3.75. The summed E-state index contributed by atoms with van der Waals surface area (Å²) in [6, 6.07) is 7.58. The molecule has 122 valence electrons. The van der Waals surface area contributed by atoms with Crippen LogP contribution in [-0.4, -0.2) is 45.0 Å². The number of hydrogen-bond acceptors (Lipinski definition) is 4. The average molecular weight is 343 g/mol. The lowest BCUT2D eigenvalue weighted by molar-refractivity contribution is -0.119. The highest BCUT2D eigenvalue weighted by Gasteiger charge is 2.32. The van der Waals surface area contributed by atoms with E-state index in [4.69, 9.17) is 16.3 Å². The van der Waals surface area contributed by atoms with Crippen LogP contribution in [0, 0.1) is 5.41 Å². The number of benzene rings is 1. The third-order valence-electron chi connectivity index (χ3n) is 3.97. The zero-order valence-electron chi connectivity index (χ0n) is 12.9. The van der Waals surface area contributed by atoms with Gasteiger partial charge in [-0.05, 0) is 38.1 Å². The fraction of sp³-hybridized carbons (Fsp3) is 0.562. The molecular formula is C16H23ClN2O2S. The molecule has 1 fully saturated rings. The standard InChI is InChI=1S/C16H23ClN2O2S/c1-21-12-16(6-8-18-9-7-16)11-19-15(20)10-22-14-5-3-2-4-13(14)17/h2-5,18H,6-12H2,1H3,(H,19,20). The van der Waals surface area contributed by atoms with Gasteiger partial charge in [0.05, 0.1) is 17.4 Å². The lowest BCUT2D eigenvalue weighted by atomic mass is 9.79. The van der Waals surface area contributed by atoms with E-state index in [2.05, 4.69) is 10.6 Å². The number of carbonyl (C=O) groups excluding carboxylic acids is 1. The van der Waals surface area contributed by atoms with Gasteiger partial charge in [0.1, 0.15) is 0 Å². The summed E-state index contributed by atoms with van der Waals surface area (Å²) in [6.07, 6.45) is 2.05. The van der Waals surface area contributed by atoms with E-state index in [0.29, 0.717) is 23.9 Å². The summed E-state index contributed by atoms with van der Waals surface area (Å²) in [4.78, 5) is 13.0. The molecule has 1 aliphatic heterocycles. The maximum absolute atomic E-state index is 12.1. The van der Waals surface area contributed by atoms with Gasteiger partial charge in [-0.2, -0.15) is 0 Å². The first-order valence-electron chi connectivity index (χ1n) is 7.49. The van der Waals surface area contributed by atoms with Crippen LogP contribution in [0.4, 0.5) is 0 Å². The highest BCUT2D eigenvalue weighted by Crippen LogP contribution is 2.29. The molecule has 1 aromatic rings. The van der Waals surface area contributed by atoms with Crippen LogP contribution in [-0.2, 0) is 9.53 Å². The SMILES string of the molecule is COCC1(CNC(=O)CSc2ccccc2Cl)CCNCC1. The van der Waals surface area contributed by atoms with Crippen molar-refractivity contribution in [3.63, 3.8) is 0 Å². The second-order valence-electron chi connectivity index (χ2n) is 5.68. The molecule has 0 aliphatic carbocycles. The Hall–Kier alpha value is -0.750. The number of rotatable bonds is 7. The van der Waals surface area contributed by atoms with Gasteiger partial charge in [-0.25, -0.2) is 0 Å². The molecule has 0 radical (unpaired) electrons. The Labute approximate surface area is 141 Å². The van der Waals surface area contributed by atoms with Crippen LogP contribution in [0.1, 0.15) is 12.8 Å². The smallest absolute Gasteiger partial charge is 0.230 e. The number of halogens is 1. The minimum atomic E-state index is 0.0407. The third kappa shape index (κ3) is 5.16. The van der Waals surface area contributed by atoms with Crippen molar-refractivity contribution in [3.05, 3.63) is 29.3 Å². The lowest BCUT2D eigenvalue weighted by Crippen LogP contribution is -2.47. The molecule has 2 rings (SSSR count). The molecule has 0 aromatic heterocycles. The molecule has 0 atom stereocenters. The second kappa shape index (κ2) is 8.77. The van der Waals surface area contributed by atoms with Crippen molar-refractivity contribution in [2.75, 3.05) is 39.1 Å². The van der Waals surface area contributed by atoms with Gasteiger partial charge in [-0.15, -0.1) is 11.8 Å². The third-order valence-corrected chi connectivity index (χ3v) is 5.49. The van der Waals surface area contributed by atoms with E-state index >= 15 is 0 Å². The van der Waals surface area contributed by atoms with Crippen molar-refractivity contribution in [1.82, 2.24) is 10.6 Å². The normalized spacial score (nSPS) is 17.2. The van der Waals surface area contributed by atoms with Gasteiger partial charge in [-0.3, -0.25) is 4.79 Å². The Morgan fingerprint density at radius 3 is 2.82 bits per heavy atom. The molecular weight excluding hydrogens is 320 g/mol. The van der Waals surface area contributed by atoms with E-state index in [-0.39, 0.29) is 11.3 Å². The monoisotopic (exact) mass is 342 g/mol. The molecule has 1 aromatic carbocycles. The van der Waals surface area contributed by atoms with E-state index in [1.807, 2.05) is 24.3 Å². The molecule has 1 saturated heterocycles. The van der Waals surface area contributed by atoms with Gasteiger partial charge in [-0.1, -0.05) is 23.7 Å². The van der Waals surface area contributed by atoms with Crippen LogP contribution in [0.25, 0.3) is 0 Å². The van der Waals surface area contributed by atoms with Crippen molar-refractivity contribution in [3.8, 4) is 0 Å². The number of amides is 1.